The average Bonchev–Trinajstić information content (AvgIpc) is 2.65. The van der Waals surface area contributed by atoms with Crippen molar-refractivity contribution < 1.29 is 23.9 Å². The molecule has 1 N–H and O–H groups in total. The predicted octanol–water partition coefficient (Wildman–Crippen LogP) is 2.23. The summed E-state index contributed by atoms with van der Waals surface area (Å²) in [5, 5.41) is 4.57. The van der Waals surface area contributed by atoms with Gasteiger partial charge in [-0.1, -0.05) is 36.4 Å². The number of carbonyl (C=O) groups is 3. The number of hydrogen-bond acceptors (Lipinski definition) is 5. The Kier molecular flexibility index (Phi) is 6.28. The van der Waals surface area contributed by atoms with Gasteiger partial charge in [0.05, 0.1) is 14.2 Å². The third-order valence-electron chi connectivity index (χ3n) is 3.63. The fourth-order valence-electron chi connectivity index (χ4n) is 2.30. The third kappa shape index (κ3) is 4.91. The van der Waals surface area contributed by atoms with E-state index in [1.165, 1.54) is 26.4 Å². The van der Waals surface area contributed by atoms with Crippen LogP contribution in [0, 0.1) is 0 Å². The number of hydrogen-bond donors (Lipinski definition) is 1. The Bertz CT molecular complexity index is 812. The Labute approximate surface area is 145 Å². The first-order valence-electron chi connectivity index (χ1n) is 7.67. The standard InChI is InChI=1S/C19H19NO5/c1-24-17(21)9-5-8-16(19(23)25-2)20-18(22)15-11-10-13-6-3-4-7-14(13)12-15/h3-7,9-12,16H,8H2,1-2H3,(H,20,22)/b9-5+/t16-/m0/s1. The van der Waals surface area contributed by atoms with Crippen molar-refractivity contribution in [2.45, 2.75) is 12.5 Å². The molecule has 2 rings (SSSR count). The van der Waals surface area contributed by atoms with Gasteiger partial charge in [0, 0.05) is 11.6 Å². The minimum atomic E-state index is -0.898. The maximum atomic E-state index is 12.4. The Hall–Kier alpha value is -3.15. The lowest BCUT2D eigenvalue weighted by atomic mass is 10.1. The number of carbonyl (C=O) groups excluding carboxylic acids is 3. The highest BCUT2D eigenvalue weighted by Crippen LogP contribution is 2.15. The van der Waals surface area contributed by atoms with Gasteiger partial charge in [0.1, 0.15) is 6.04 Å². The van der Waals surface area contributed by atoms with E-state index in [9.17, 15) is 14.4 Å². The van der Waals surface area contributed by atoms with Gasteiger partial charge in [-0.05, 0) is 29.3 Å². The van der Waals surface area contributed by atoms with Crippen LogP contribution in [0.2, 0.25) is 0 Å². The van der Waals surface area contributed by atoms with E-state index in [0.29, 0.717) is 5.56 Å². The number of methoxy groups -OCH3 is 2. The first kappa shape index (κ1) is 18.2. The zero-order valence-corrected chi connectivity index (χ0v) is 14.0. The van der Waals surface area contributed by atoms with Crippen molar-refractivity contribution in [3.05, 3.63) is 60.2 Å². The Morgan fingerprint density at radius 3 is 2.44 bits per heavy atom. The van der Waals surface area contributed by atoms with Crippen molar-refractivity contribution in [2.24, 2.45) is 0 Å². The Morgan fingerprint density at radius 2 is 1.76 bits per heavy atom. The van der Waals surface area contributed by atoms with Gasteiger partial charge in [0.15, 0.2) is 0 Å². The average molecular weight is 341 g/mol. The van der Waals surface area contributed by atoms with Crippen LogP contribution in [0.3, 0.4) is 0 Å². The molecule has 6 heteroatoms. The van der Waals surface area contributed by atoms with Gasteiger partial charge in [-0.3, -0.25) is 4.79 Å². The van der Waals surface area contributed by atoms with Crippen LogP contribution < -0.4 is 5.32 Å². The summed E-state index contributed by atoms with van der Waals surface area (Å²) in [5.41, 5.74) is 0.435. The molecule has 0 saturated heterocycles. The van der Waals surface area contributed by atoms with E-state index in [-0.39, 0.29) is 6.42 Å². The van der Waals surface area contributed by atoms with Gasteiger partial charge in [-0.2, -0.15) is 0 Å². The van der Waals surface area contributed by atoms with Gasteiger partial charge in [0.25, 0.3) is 5.91 Å². The highest BCUT2D eigenvalue weighted by molar-refractivity contribution is 6.00. The molecule has 0 aliphatic carbocycles. The zero-order chi connectivity index (χ0) is 18.2. The summed E-state index contributed by atoms with van der Waals surface area (Å²) in [6.07, 6.45) is 2.76. The lowest BCUT2D eigenvalue weighted by Crippen LogP contribution is -2.41. The fourth-order valence-corrected chi connectivity index (χ4v) is 2.30. The monoisotopic (exact) mass is 341 g/mol. The zero-order valence-electron chi connectivity index (χ0n) is 14.0. The Morgan fingerprint density at radius 1 is 1.04 bits per heavy atom. The molecule has 0 spiro atoms. The summed E-state index contributed by atoms with van der Waals surface area (Å²) < 4.78 is 9.18. The van der Waals surface area contributed by atoms with Gasteiger partial charge < -0.3 is 14.8 Å². The molecule has 0 aliphatic rings. The van der Waals surface area contributed by atoms with E-state index in [1.54, 1.807) is 12.1 Å². The van der Waals surface area contributed by atoms with Crippen molar-refractivity contribution in [1.82, 2.24) is 5.32 Å². The number of nitrogens with one attached hydrogen (secondary N) is 1. The molecule has 130 valence electrons. The number of fused-ring (bicyclic) bond motifs is 1. The maximum Gasteiger partial charge on any atom is 0.330 e. The molecule has 0 aromatic heterocycles. The minimum absolute atomic E-state index is 0.112. The number of ether oxygens (including phenoxy) is 2. The molecule has 2 aromatic rings. The van der Waals surface area contributed by atoms with E-state index in [1.807, 2.05) is 30.3 Å². The molecule has 0 fully saturated rings. The summed E-state index contributed by atoms with van der Waals surface area (Å²) in [6, 6.07) is 12.1. The SMILES string of the molecule is COC(=O)/C=C/C[C@H](NC(=O)c1ccc2ccccc2c1)C(=O)OC. The first-order chi connectivity index (χ1) is 12.0. The van der Waals surface area contributed by atoms with Gasteiger partial charge in [-0.15, -0.1) is 0 Å². The van der Waals surface area contributed by atoms with E-state index < -0.39 is 23.9 Å². The van der Waals surface area contributed by atoms with Crippen molar-refractivity contribution in [3.8, 4) is 0 Å². The van der Waals surface area contributed by atoms with Gasteiger partial charge >= 0.3 is 11.9 Å². The van der Waals surface area contributed by atoms with Crippen LogP contribution >= 0.6 is 0 Å². The molecule has 0 unspecified atom stereocenters. The quantitative estimate of drug-likeness (QED) is 0.644. The summed E-state index contributed by atoms with van der Waals surface area (Å²) in [4.78, 5) is 35.4. The van der Waals surface area contributed by atoms with Crippen LogP contribution in [0.5, 0.6) is 0 Å². The minimum Gasteiger partial charge on any atom is -0.467 e. The summed E-state index contributed by atoms with van der Waals surface area (Å²) in [6.45, 7) is 0. The normalized spacial score (nSPS) is 11.9. The second kappa shape index (κ2) is 8.63. The summed E-state index contributed by atoms with van der Waals surface area (Å²) >= 11 is 0. The van der Waals surface area contributed by atoms with Crippen LogP contribution in [0.25, 0.3) is 10.8 Å². The number of amides is 1. The van der Waals surface area contributed by atoms with Crippen LogP contribution in [0.1, 0.15) is 16.8 Å². The number of rotatable bonds is 6. The maximum absolute atomic E-state index is 12.4. The molecule has 6 nitrogen and oxygen atoms in total. The molecule has 0 aliphatic heterocycles. The second-order valence-electron chi connectivity index (χ2n) is 5.27. The van der Waals surface area contributed by atoms with Gasteiger partial charge in [-0.25, -0.2) is 9.59 Å². The van der Waals surface area contributed by atoms with Crippen LogP contribution in [-0.4, -0.2) is 38.1 Å². The fraction of sp³-hybridized carbons (Fsp3) is 0.211. The smallest absolute Gasteiger partial charge is 0.330 e. The van der Waals surface area contributed by atoms with E-state index in [0.717, 1.165) is 10.8 Å². The molecule has 1 atom stereocenters. The van der Waals surface area contributed by atoms with Gasteiger partial charge in [0.2, 0.25) is 0 Å². The number of benzene rings is 2. The lowest BCUT2D eigenvalue weighted by molar-refractivity contribution is -0.143. The predicted molar refractivity (Wildman–Crippen MR) is 93.0 cm³/mol. The lowest BCUT2D eigenvalue weighted by Gasteiger charge is -2.15. The van der Waals surface area contributed by atoms with Crippen molar-refractivity contribution >= 4 is 28.6 Å². The highest BCUT2D eigenvalue weighted by atomic mass is 16.5. The Balaban J connectivity index is 2.12. The third-order valence-corrected chi connectivity index (χ3v) is 3.63. The van der Waals surface area contributed by atoms with E-state index in [4.69, 9.17) is 4.74 Å². The van der Waals surface area contributed by atoms with Crippen molar-refractivity contribution in [2.75, 3.05) is 14.2 Å². The summed E-state index contributed by atoms with van der Waals surface area (Å²) in [7, 11) is 2.49. The topological polar surface area (TPSA) is 81.7 Å². The van der Waals surface area contributed by atoms with Crippen molar-refractivity contribution in [3.63, 3.8) is 0 Å². The molecule has 2 aromatic carbocycles. The highest BCUT2D eigenvalue weighted by Gasteiger charge is 2.21. The molecule has 1 amide bonds. The van der Waals surface area contributed by atoms with Crippen LogP contribution in [0.4, 0.5) is 0 Å². The van der Waals surface area contributed by atoms with Crippen molar-refractivity contribution in [1.29, 1.82) is 0 Å². The van der Waals surface area contributed by atoms with E-state index in [2.05, 4.69) is 10.1 Å². The van der Waals surface area contributed by atoms with Crippen LogP contribution in [0.15, 0.2) is 54.6 Å². The molecular formula is C19H19NO5. The first-order valence-corrected chi connectivity index (χ1v) is 7.67. The second-order valence-corrected chi connectivity index (χ2v) is 5.27. The summed E-state index contributed by atoms with van der Waals surface area (Å²) in [5.74, 6) is -1.53. The molecule has 0 bridgehead atoms. The molecular weight excluding hydrogens is 322 g/mol. The largest absolute Gasteiger partial charge is 0.467 e. The molecule has 0 saturated carbocycles. The van der Waals surface area contributed by atoms with Crippen LogP contribution in [-0.2, 0) is 19.1 Å². The molecule has 0 heterocycles. The molecule has 0 radical (unpaired) electrons. The number of esters is 2. The molecule has 25 heavy (non-hydrogen) atoms. The van der Waals surface area contributed by atoms with E-state index >= 15 is 0 Å².